The summed E-state index contributed by atoms with van der Waals surface area (Å²) in [4.78, 5) is 7.07. The maximum atomic E-state index is 5.48. The molecule has 0 saturated carbocycles. The maximum Gasteiger partial charge on any atom is 0.119 e. The molecule has 28 heavy (non-hydrogen) atoms. The van der Waals surface area contributed by atoms with E-state index in [1.807, 2.05) is 37.4 Å². The van der Waals surface area contributed by atoms with Gasteiger partial charge in [-0.3, -0.25) is 4.99 Å². The molecule has 0 bridgehead atoms. The van der Waals surface area contributed by atoms with Crippen molar-refractivity contribution in [1.29, 1.82) is 0 Å². The van der Waals surface area contributed by atoms with Crippen LogP contribution >= 0.6 is 0 Å². The average Bonchev–Trinajstić information content (AvgIpc) is 2.95. The van der Waals surface area contributed by atoms with Crippen molar-refractivity contribution in [2.24, 2.45) is 4.99 Å². The second kappa shape index (κ2) is 7.67. The predicted molar refractivity (Wildman–Crippen MR) is 118 cm³/mol. The number of rotatable bonds is 5. The van der Waals surface area contributed by atoms with Crippen LogP contribution in [0.3, 0.4) is 0 Å². The standard InChI is InChI=1S/C25H28N2O/c1-4-28-21-15-13-20(14-16-21)26-17-7-9-19-10-8-18-27-23-12-6-5-11-22(23)25(2,3)24(19)27/h5-7,9,11-17H,4,8,10,18H2,1-3H3/b9-7+,26-17?. The summed E-state index contributed by atoms with van der Waals surface area (Å²) in [5.74, 6) is 0.884. The van der Waals surface area contributed by atoms with Crippen LogP contribution < -0.4 is 9.64 Å². The Kier molecular flexibility index (Phi) is 5.08. The Hall–Kier alpha value is -2.81. The smallest absolute Gasteiger partial charge is 0.119 e. The van der Waals surface area contributed by atoms with E-state index in [9.17, 15) is 0 Å². The number of para-hydroxylation sites is 1. The lowest BCUT2D eigenvalue weighted by atomic mass is 9.80. The molecule has 0 radical (unpaired) electrons. The van der Waals surface area contributed by atoms with Crippen LogP contribution in [-0.2, 0) is 5.41 Å². The van der Waals surface area contributed by atoms with Gasteiger partial charge in [-0.2, -0.15) is 0 Å². The van der Waals surface area contributed by atoms with Crippen LogP contribution in [0.2, 0.25) is 0 Å². The zero-order chi connectivity index (χ0) is 19.6. The number of hydrogen-bond donors (Lipinski definition) is 0. The van der Waals surface area contributed by atoms with Crippen molar-refractivity contribution in [1.82, 2.24) is 0 Å². The molecule has 2 aromatic rings. The molecule has 2 aliphatic heterocycles. The largest absolute Gasteiger partial charge is 0.494 e. The Morgan fingerprint density at radius 2 is 1.89 bits per heavy atom. The highest BCUT2D eigenvalue weighted by atomic mass is 16.5. The van der Waals surface area contributed by atoms with E-state index < -0.39 is 0 Å². The highest BCUT2D eigenvalue weighted by molar-refractivity contribution is 5.77. The number of anilines is 1. The van der Waals surface area contributed by atoms with Crippen LogP contribution in [0.5, 0.6) is 5.75 Å². The summed E-state index contributed by atoms with van der Waals surface area (Å²) >= 11 is 0. The van der Waals surface area contributed by atoms with E-state index >= 15 is 0 Å². The zero-order valence-corrected chi connectivity index (χ0v) is 17.0. The maximum absolute atomic E-state index is 5.48. The molecule has 2 aromatic carbocycles. The van der Waals surface area contributed by atoms with Crippen molar-refractivity contribution in [3.05, 3.63) is 77.5 Å². The fourth-order valence-electron chi connectivity index (χ4n) is 4.42. The molecule has 0 N–H and O–H groups in total. The number of allylic oxidation sites excluding steroid dienone is 4. The Morgan fingerprint density at radius 1 is 1.11 bits per heavy atom. The molecule has 144 valence electrons. The molecular weight excluding hydrogens is 344 g/mol. The Bertz CT molecular complexity index is 935. The molecule has 4 rings (SSSR count). The van der Waals surface area contributed by atoms with Crippen LogP contribution in [0.25, 0.3) is 0 Å². The molecule has 0 amide bonds. The number of ether oxygens (including phenoxy) is 1. The first-order valence-corrected chi connectivity index (χ1v) is 10.2. The van der Waals surface area contributed by atoms with Crippen molar-refractivity contribution in [3.63, 3.8) is 0 Å². The third-order valence-electron chi connectivity index (χ3n) is 5.62. The highest BCUT2D eigenvalue weighted by Crippen LogP contribution is 2.50. The number of benzene rings is 2. The monoisotopic (exact) mass is 372 g/mol. The minimum atomic E-state index is 0.0446. The van der Waals surface area contributed by atoms with Gasteiger partial charge in [0, 0.05) is 29.6 Å². The van der Waals surface area contributed by atoms with E-state index in [4.69, 9.17) is 4.74 Å². The van der Waals surface area contributed by atoms with Crippen LogP contribution in [0.4, 0.5) is 11.4 Å². The van der Waals surface area contributed by atoms with Crippen LogP contribution in [0.15, 0.2) is 76.9 Å². The van der Waals surface area contributed by atoms with Gasteiger partial charge in [-0.05, 0) is 67.3 Å². The van der Waals surface area contributed by atoms with Crippen LogP contribution in [0, 0.1) is 0 Å². The van der Waals surface area contributed by atoms with Gasteiger partial charge in [-0.15, -0.1) is 0 Å². The van der Waals surface area contributed by atoms with Gasteiger partial charge in [0.05, 0.1) is 12.3 Å². The summed E-state index contributed by atoms with van der Waals surface area (Å²) in [6.07, 6.45) is 8.51. The summed E-state index contributed by atoms with van der Waals surface area (Å²) in [7, 11) is 0. The quantitative estimate of drug-likeness (QED) is 0.585. The van der Waals surface area contributed by atoms with Crippen molar-refractivity contribution >= 4 is 17.6 Å². The van der Waals surface area contributed by atoms with E-state index in [1.165, 1.54) is 28.9 Å². The Balaban J connectivity index is 1.56. The summed E-state index contributed by atoms with van der Waals surface area (Å²) < 4.78 is 5.48. The SMILES string of the molecule is CCOc1ccc(N=C/C=C/C2=C3N(CCC2)c2ccccc2C3(C)C)cc1. The summed E-state index contributed by atoms with van der Waals surface area (Å²) in [5.41, 5.74) is 6.65. The molecule has 3 nitrogen and oxygen atoms in total. The van der Waals surface area contributed by atoms with Crippen molar-refractivity contribution < 1.29 is 4.74 Å². The summed E-state index contributed by atoms with van der Waals surface area (Å²) in [5, 5.41) is 0. The molecule has 0 aromatic heterocycles. The first-order chi connectivity index (χ1) is 13.6. The van der Waals surface area contributed by atoms with Gasteiger partial charge in [0.2, 0.25) is 0 Å². The van der Waals surface area contributed by atoms with E-state index in [2.05, 4.69) is 60.2 Å². The normalized spacial score (nSPS) is 18.0. The van der Waals surface area contributed by atoms with Gasteiger partial charge >= 0.3 is 0 Å². The molecule has 0 fully saturated rings. The zero-order valence-electron chi connectivity index (χ0n) is 17.0. The molecular formula is C25H28N2O. The number of fused-ring (bicyclic) bond motifs is 3. The van der Waals surface area contributed by atoms with E-state index in [1.54, 1.807) is 0 Å². The molecule has 0 unspecified atom stereocenters. The molecule has 3 heteroatoms. The second-order valence-corrected chi connectivity index (χ2v) is 7.84. The Morgan fingerprint density at radius 3 is 2.68 bits per heavy atom. The molecule has 2 aliphatic rings. The van der Waals surface area contributed by atoms with Crippen molar-refractivity contribution in [2.75, 3.05) is 18.1 Å². The molecule has 2 heterocycles. The Labute approximate surface area is 168 Å². The van der Waals surface area contributed by atoms with Crippen LogP contribution in [0.1, 0.15) is 39.2 Å². The molecule has 0 spiro atoms. The fourth-order valence-corrected chi connectivity index (χ4v) is 4.42. The lowest BCUT2D eigenvalue weighted by Crippen LogP contribution is -2.31. The summed E-state index contributed by atoms with van der Waals surface area (Å²) in [6, 6.07) is 16.7. The minimum absolute atomic E-state index is 0.0446. The van der Waals surface area contributed by atoms with Gasteiger partial charge in [0.25, 0.3) is 0 Å². The minimum Gasteiger partial charge on any atom is -0.494 e. The van der Waals surface area contributed by atoms with Crippen LogP contribution in [-0.4, -0.2) is 19.4 Å². The van der Waals surface area contributed by atoms with Gasteiger partial charge in [-0.1, -0.05) is 38.1 Å². The van der Waals surface area contributed by atoms with Gasteiger partial charge in [0.15, 0.2) is 0 Å². The first-order valence-electron chi connectivity index (χ1n) is 10.2. The predicted octanol–water partition coefficient (Wildman–Crippen LogP) is 6.19. The molecule has 0 saturated heterocycles. The topological polar surface area (TPSA) is 24.8 Å². The lowest BCUT2D eigenvalue weighted by molar-refractivity contribution is 0.340. The third kappa shape index (κ3) is 3.37. The number of hydrogen-bond acceptors (Lipinski definition) is 3. The van der Waals surface area contributed by atoms with E-state index in [0.29, 0.717) is 6.61 Å². The molecule has 0 atom stereocenters. The fraction of sp³-hybridized carbons (Fsp3) is 0.320. The van der Waals surface area contributed by atoms with Gasteiger partial charge in [-0.25, -0.2) is 0 Å². The first kappa shape index (κ1) is 18.5. The van der Waals surface area contributed by atoms with Crippen molar-refractivity contribution in [3.8, 4) is 5.75 Å². The number of nitrogens with zero attached hydrogens (tertiary/aromatic N) is 2. The van der Waals surface area contributed by atoms with E-state index in [0.717, 1.165) is 24.4 Å². The number of aliphatic imine (C=N–C) groups is 1. The van der Waals surface area contributed by atoms with Gasteiger partial charge < -0.3 is 9.64 Å². The van der Waals surface area contributed by atoms with Gasteiger partial charge in [0.1, 0.15) is 5.75 Å². The van der Waals surface area contributed by atoms with Crippen molar-refractivity contribution in [2.45, 2.75) is 39.0 Å². The second-order valence-electron chi connectivity index (χ2n) is 7.84. The summed E-state index contributed by atoms with van der Waals surface area (Å²) in [6.45, 7) is 8.46. The third-order valence-corrected chi connectivity index (χ3v) is 5.62. The molecule has 0 aliphatic carbocycles. The van der Waals surface area contributed by atoms with E-state index in [-0.39, 0.29) is 5.41 Å². The highest BCUT2D eigenvalue weighted by Gasteiger charge is 2.42. The average molecular weight is 373 g/mol. The lowest BCUT2D eigenvalue weighted by Gasteiger charge is -2.33.